The van der Waals surface area contributed by atoms with E-state index in [0.29, 0.717) is 6.54 Å². The summed E-state index contributed by atoms with van der Waals surface area (Å²) in [5.74, 6) is 0.0318. The lowest BCUT2D eigenvalue weighted by atomic mass is 10.2. The number of carbonyl (C=O) groups excluding carboxylic acids is 1. The molecule has 0 spiro atoms. The van der Waals surface area contributed by atoms with Crippen molar-refractivity contribution >= 4 is 48.1 Å². The summed E-state index contributed by atoms with van der Waals surface area (Å²) in [5, 5.41) is 4.22. The molecule has 0 unspecified atom stereocenters. The summed E-state index contributed by atoms with van der Waals surface area (Å²) in [5.41, 5.74) is 0. The van der Waals surface area contributed by atoms with E-state index in [1.165, 1.54) is 19.5 Å². The number of halogens is 1. The molecule has 1 amide bonds. The number of nitrogens with zero attached hydrogens (tertiary/aromatic N) is 1. The molecular weight excluding hydrogens is 324 g/mol. The Morgan fingerprint density at radius 3 is 2.71 bits per heavy atom. The van der Waals surface area contributed by atoms with E-state index in [1.807, 2.05) is 26.2 Å². The maximum atomic E-state index is 12.1. The second kappa shape index (κ2) is 6.75. The molecule has 2 heterocycles. The zero-order valence-electron chi connectivity index (χ0n) is 11.9. The van der Waals surface area contributed by atoms with Crippen molar-refractivity contribution in [2.45, 2.75) is 0 Å². The molecule has 0 radical (unpaired) electrons. The number of hydrogen-bond acceptors (Lipinski definition) is 4. The van der Waals surface area contributed by atoms with Crippen LogP contribution in [0.4, 0.5) is 0 Å². The van der Waals surface area contributed by atoms with Crippen molar-refractivity contribution < 1.29 is 17.2 Å². The lowest BCUT2D eigenvalue weighted by Gasteiger charge is -2.09. The van der Waals surface area contributed by atoms with E-state index in [4.69, 9.17) is 0 Å². The zero-order chi connectivity index (χ0) is 14.1. The number of rotatable bonds is 4. The van der Waals surface area contributed by atoms with Gasteiger partial charge in [-0.25, -0.2) is 0 Å². The highest BCUT2D eigenvalue weighted by atomic mass is 35.5. The van der Waals surface area contributed by atoms with E-state index >= 15 is 0 Å². The maximum Gasteiger partial charge on any atom is 0.261 e. The fraction of sp³-hybridized carbons (Fsp3) is 0.267. The van der Waals surface area contributed by atoms with Gasteiger partial charge < -0.3 is 22.6 Å². The van der Waals surface area contributed by atoms with E-state index in [2.05, 4.69) is 28.4 Å². The van der Waals surface area contributed by atoms with Crippen molar-refractivity contribution in [3.63, 3.8) is 0 Å². The zero-order valence-corrected chi connectivity index (χ0v) is 14.2. The first-order chi connectivity index (χ1) is 9.65. The number of thiophene rings is 2. The minimum Gasteiger partial charge on any atom is -1.00 e. The van der Waals surface area contributed by atoms with Crippen molar-refractivity contribution in [3.8, 4) is 0 Å². The van der Waals surface area contributed by atoms with Crippen LogP contribution < -0.4 is 17.7 Å². The Bertz CT molecular complexity index is 763. The fourth-order valence-electron chi connectivity index (χ4n) is 2.09. The number of likely N-dealkylation sites (N-methyl/N-ethyl adjacent to an activating group) is 1. The number of carbonyl (C=O) groups is 1. The second-order valence-corrected chi connectivity index (χ2v) is 7.10. The molecule has 0 aliphatic carbocycles. The Hall–Kier alpha value is -1.14. The van der Waals surface area contributed by atoms with Gasteiger partial charge in [-0.2, -0.15) is 0 Å². The van der Waals surface area contributed by atoms with Crippen LogP contribution >= 0.6 is 22.7 Å². The monoisotopic (exact) mass is 339 g/mol. The predicted octanol–water partition coefficient (Wildman–Crippen LogP) is 0.411. The SMILES string of the molecule is CN(C)CCNC(=O)c1cc2sc3ccccc3c2s1.[Cl-]. The lowest BCUT2D eigenvalue weighted by Crippen LogP contribution is -3.00. The van der Waals surface area contributed by atoms with E-state index in [1.54, 1.807) is 22.7 Å². The Morgan fingerprint density at radius 1 is 1.19 bits per heavy atom. The van der Waals surface area contributed by atoms with Gasteiger partial charge in [-0.05, 0) is 26.2 Å². The van der Waals surface area contributed by atoms with Gasteiger partial charge >= 0.3 is 0 Å². The largest absolute Gasteiger partial charge is 1.00 e. The molecule has 0 atom stereocenters. The second-order valence-electron chi connectivity index (χ2n) is 4.96. The number of hydrogen-bond donors (Lipinski definition) is 1. The number of amides is 1. The molecule has 6 heteroatoms. The molecular formula is C15H16ClN2OS2-. The third-order valence-electron chi connectivity index (χ3n) is 3.12. The van der Waals surface area contributed by atoms with Crippen molar-refractivity contribution in [3.05, 3.63) is 35.2 Å². The van der Waals surface area contributed by atoms with Crippen LogP contribution in [-0.2, 0) is 0 Å². The molecule has 21 heavy (non-hydrogen) atoms. The molecule has 3 aromatic rings. The van der Waals surface area contributed by atoms with Crippen LogP contribution in [0.1, 0.15) is 9.67 Å². The Kier molecular flexibility index (Phi) is 5.22. The van der Waals surface area contributed by atoms with Crippen LogP contribution in [0.15, 0.2) is 30.3 Å². The summed E-state index contributed by atoms with van der Waals surface area (Å²) < 4.78 is 3.71. The Balaban J connectivity index is 0.00000161. The molecule has 0 saturated carbocycles. The van der Waals surface area contributed by atoms with Crippen LogP contribution in [0.2, 0.25) is 0 Å². The van der Waals surface area contributed by atoms with E-state index in [-0.39, 0.29) is 18.3 Å². The third-order valence-corrected chi connectivity index (χ3v) is 5.53. The molecule has 0 saturated heterocycles. The van der Waals surface area contributed by atoms with Crippen LogP contribution in [0.5, 0.6) is 0 Å². The summed E-state index contributed by atoms with van der Waals surface area (Å²) in [7, 11) is 4.00. The third kappa shape index (κ3) is 3.37. The Morgan fingerprint density at radius 2 is 1.95 bits per heavy atom. The molecule has 1 N–H and O–H groups in total. The standard InChI is InChI=1S/C15H16N2OS2.ClH/c1-17(2)8-7-16-15(18)13-9-12-14(20-13)10-5-3-4-6-11(10)19-12;/h3-6,9H,7-8H2,1-2H3,(H,16,18);1H/p-1. The van der Waals surface area contributed by atoms with Crippen LogP contribution in [-0.4, -0.2) is 38.0 Å². The molecule has 3 rings (SSSR count). The summed E-state index contributed by atoms with van der Waals surface area (Å²) >= 11 is 3.34. The van der Waals surface area contributed by atoms with Gasteiger partial charge in [0, 0.05) is 27.9 Å². The summed E-state index contributed by atoms with van der Waals surface area (Å²) in [4.78, 5) is 15.0. The van der Waals surface area contributed by atoms with E-state index in [9.17, 15) is 4.79 Å². The van der Waals surface area contributed by atoms with Crippen molar-refractivity contribution in [2.75, 3.05) is 27.2 Å². The van der Waals surface area contributed by atoms with Gasteiger partial charge in [-0.1, -0.05) is 18.2 Å². The first-order valence-electron chi connectivity index (χ1n) is 6.49. The van der Waals surface area contributed by atoms with Gasteiger partial charge in [0.2, 0.25) is 0 Å². The van der Waals surface area contributed by atoms with Gasteiger partial charge in [0.15, 0.2) is 0 Å². The summed E-state index contributed by atoms with van der Waals surface area (Å²) in [6, 6.07) is 10.4. The normalized spacial score (nSPS) is 11.0. The van der Waals surface area contributed by atoms with Crippen LogP contribution in [0.25, 0.3) is 19.5 Å². The molecule has 0 bridgehead atoms. The first kappa shape index (κ1) is 16.2. The lowest BCUT2D eigenvalue weighted by molar-refractivity contribution is -0.0000123. The fourth-order valence-corrected chi connectivity index (χ4v) is 4.53. The minimum absolute atomic E-state index is 0. The van der Waals surface area contributed by atoms with Crippen molar-refractivity contribution in [2.24, 2.45) is 0 Å². The minimum atomic E-state index is 0. The highest BCUT2D eigenvalue weighted by molar-refractivity contribution is 7.33. The summed E-state index contributed by atoms with van der Waals surface area (Å²) in [6.45, 7) is 1.53. The van der Waals surface area contributed by atoms with Gasteiger partial charge in [0.1, 0.15) is 0 Å². The van der Waals surface area contributed by atoms with Gasteiger partial charge in [-0.3, -0.25) is 4.79 Å². The highest BCUT2D eigenvalue weighted by Crippen LogP contribution is 2.39. The van der Waals surface area contributed by atoms with Gasteiger partial charge in [0.25, 0.3) is 5.91 Å². The predicted molar refractivity (Wildman–Crippen MR) is 88.1 cm³/mol. The molecule has 1 aromatic carbocycles. The van der Waals surface area contributed by atoms with Crippen molar-refractivity contribution in [1.82, 2.24) is 10.2 Å². The number of nitrogens with one attached hydrogen (secondary N) is 1. The van der Waals surface area contributed by atoms with E-state index in [0.717, 1.165) is 11.4 Å². The van der Waals surface area contributed by atoms with Crippen LogP contribution in [0, 0.1) is 0 Å². The Labute approximate surface area is 138 Å². The van der Waals surface area contributed by atoms with Crippen LogP contribution in [0.3, 0.4) is 0 Å². The summed E-state index contributed by atoms with van der Waals surface area (Å²) in [6.07, 6.45) is 0. The molecule has 0 aliphatic heterocycles. The van der Waals surface area contributed by atoms with Crippen molar-refractivity contribution in [1.29, 1.82) is 0 Å². The topological polar surface area (TPSA) is 32.3 Å². The number of fused-ring (bicyclic) bond motifs is 3. The van der Waals surface area contributed by atoms with Gasteiger partial charge in [-0.15, -0.1) is 22.7 Å². The smallest absolute Gasteiger partial charge is 0.261 e. The maximum absolute atomic E-state index is 12.1. The molecule has 2 aromatic heterocycles. The average Bonchev–Trinajstić information content (AvgIpc) is 2.95. The first-order valence-corrected chi connectivity index (χ1v) is 8.12. The number of benzene rings is 1. The van der Waals surface area contributed by atoms with E-state index < -0.39 is 0 Å². The molecule has 112 valence electrons. The molecule has 0 aliphatic rings. The quantitative estimate of drug-likeness (QED) is 0.747. The van der Waals surface area contributed by atoms with Gasteiger partial charge in [0.05, 0.1) is 9.58 Å². The molecule has 3 nitrogen and oxygen atoms in total. The average molecular weight is 340 g/mol. The highest BCUT2D eigenvalue weighted by Gasteiger charge is 2.13. The molecule has 0 fully saturated rings.